The number of hydrogen-bond donors (Lipinski definition) is 4. The highest BCUT2D eigenvalue weighted by atomic mass is 32.2. The van der Waals surface area contributed by atoms with Crippen molar-refractivity contribution in [2.45, 2.75) is 26.3 Å². The molecule has 0 aliphatic heterocycles. The van der Waals surface area contributed by atoms with Crippen LogP contribution in [-0.2, 0) is 14.9 Å². The number of oxime groups is 1. The van der Waals surface area contributed by atoms with E-state index in [-0.39, 0.29) is 12.4 Å². The van der Waals surface area contributed by atoms with Crippen LogP contribution in [-0.4, -0.2) is 37.7 Å². The van der Waals surface area contributed by atoms with E-state index in [4.69, 9.17) is 10.9 Å². The van der Waals surface area contributed by atoms with Crippen molar-refractivity contribution in [1.29, 1.82) is 0 Å². The van der Waals surface area contributed by atoms with Gasteiger partial charge in [0.2, 0.25) is 0 Å². The molecule has 0 spiro atoms. The quantitative estimate of drug-likeness (QED) is 0.220. The van der Waals surface area contributed by atoms with E-state index >= 15 is 0 Å². The second kappa shape index (κ2) is 5.68. The molecule has 0 bridgehead atoms. The molecule has 0 aliphatic carbocycles. The van der Waals surface area contributed by atoms with Gasteiger partial charge in [0.05, 0.1) is 12.1 Å². The summed E-state index contributed by atoms with van der Waals surface area (Å²) in [6.45, 7) is 4.27. The molecule has 0 aliphatic rings. The van der Waals surface area contributed by atoms with Crippen molar-refractivity contribution in [3.8, 4) is 0 Å². The number of carbonyl (C=O) groups is 1. The van der Waals surface area contributed by atoms with Crippen molar-refractivity contribution in [3.05, 3.63) is 0 Å². The molecule has 0 rings (SSSR count). The van der Waals surface area contributed by atoms with Crippen molar-refractivity contribution in [2.75, 3.05) is 6.61 Å². The summed E-state index contributed by atoms with van der Waals surface area (Å²) in [5.41, 5.74) is 3.92. The Morgan fingerprint density at radius 1 is 1.53 bits per heavy atom. The van der Waals surface area contributed by atoms with E-state index < -0.39 is 21.8 Å². The number of ether oxygens (including phenoxy) is 1. The van der Waals surface area contributed by atoms with Crippen LogP contribution in [0, 0.1) is 0 Å². The van der Waals surface area contributed by atoms with Gasteiger partial charge in [0.1, 0.15) is 0 Å². The maximum atomic E-state index is 11.4. The summed E-state index contributed by atoms with van der Waals surface area (Å²) in [5.74, 6) is -0.355. The van der Waals surface area contributed by atoms with E-state index in [0.717, 1.165) is 0 Å². The standard InChI is InChI=1S/C7H16N4O5S/c1-4-16-6(12)10-17(14,15)11-7(2,3)5(8)9-13/h11,13H,4H2,1-3H3,(H2,8,9)(H,10,12). The van der Waals surface area contributed by atoms with Crippen LogP contribution in [0.5, 0.6) is 0 Å². The third kappa shape index (κ3) is 5.36. The van der Waals surface area contributed by atoms with Crippen molar-refractivity contribution in [2.24, 2.45) is 10.9 Å². The number of carbonyl (C=O) groups excluding carboxylic acids is 1. The Bertz CT molecular complexity index is 402. The summed E-state index contributed by atoms with van der Waals surface area (Å²) < 4.78 is 30.9. The van der Waals surface area contributed by atoms with Gasteiger partial charge in [0, 0.05) is 0 Å². The Hall–Kier alpha value is -1.55. The highest BCUT2D eigenvalue weighted by Crippen LogP contribution is 2.03. The maximum absolute atomic E-state index is 11.4. The topological polar surface area (TPSA) is 143 Å². The monoisotopic (exact) mass is 268 g/mol. The average molecular weight is 268 g/mol. The SMILES string of the molecule is CCOC(=O)NS(=O)(=O)NC(C)(C)C(N)=NO. The predicted molar refractivity (Wildman–Crippen MR) is 59.7 cm³/mol. The molecule has 0 saturated heterocycles. The minimum atomic E-state index is -4.16. The van der Waals surface area contributed by atoms with E-state index in [9.17, 15) is 13.2 Å². The molecule has 0 aromatic heterocycles. The smallest absolute Gasteiger partial charge is 0.421 e. The van der Waals surface area contributed by atoms with Gasteiger partial charge in [0.25, 0.3) is 0 Å². The molecule has 10 heteroatoms. The van der Waals surface area contributed by atoms with Crippen LogP contribution in [0.3, 0.4) is 0 Å². The Balaban J connectivity index is 4.72. The normalized spacial score (nSPS) is 13.2. The summed E-state index contributed by atoms with van der Waals surface area (Å²) >= 11 is 0. The first-order valence-corrected chi connectivity index (χ1v) is 6.09. The van der Waals surface area contributed by atoms with Gasteiger partial charge in [-0.1, -0.05) is 5.16 Å². The van der Waals surface area contributed by atoms with Crippen LogP contribution in [0.25, 0.3) is 0 Å². The van der Waals surface area contributed by atoms with E-state index in [1.54, 1.807) is 4.72 Å². The Kier molecular flexibility index (Phi) is 5.16. The van der Waals surface area contributed by atoms with Crippen LogP contribution in [0.1, 0.15) is 20.8 Å². The first-order chi connectivity index (χ1) is 7.64. The molecule has 0 saturated carbocycles. The van der Waals surface area contributed by atoms with Gasteiger partial charge in [-0.05, 0) is 20.8 Å². The minimum Gasteiger partial charge on any atom is -0.449 e. The van der Waals surface area contributed by atoms with Crippen molar-refractivity contribution >= 4 is 22.1 Å². The van der Waals surface area contributed by atoms with Crippen molar-refractivity contribution in [3.63, 3.8) is 0 Å². The fraction of sp³-hybridized carbons (Fsp3) is 0.714. The summed E-state index contributed by atoms with van der Waals surface area (Å²) in [6.07, 6.45) is -1.12. The van der Waals surface area contributed by atoms with Gasteiger partial charge >= 0.3 is 16.3 Å². The van der Waals surface area contributed by atoms with Gasteiger partial charge in [-0.15, -0.1) is 0 Å². The highest BCUT2D eigenvalue weighted by molar-refractivity contribution is 7.88. The molecule has 0 atom stereocenters. The zero-order valence-corrected chi connectivity index (χ0v) is 10.5. The van der Waals surface area contributed by atoms with Gasteiger partial charge in [-0.2, -0.15) is 13.1 Å². The number of nitrogens with zero attached hydrogens (tertiary/aromatic N) is 1. The second-order valence-electron chi connectivity index (χ2n) is 3.54. The average Bonchev–Trinajstić information content (AvgIpc) is 2.13. The first kappa shape index (κ1) is 15.4. The summed E-state index contributed by atoms with van der Waals surface area (Å²) in [6, 6.07) is 0. The Labute approximate surface area is 99.2 Å². The zero-order valence-electron chi connectivity index (χ0n) is 9.72. The van der Waals surface area contributed by atoms with Gasteiger partial charge < -0.3 is 15.7 Å². The molecular weight excluding hydrogens is 252 g/mol. The highest BCUT2D eigenvalue weighted by Gasteiger charge is 2.30. The lowest BCUT2D eigenvalue weighted by Gasteiger charge is -2.23. The van der Waals surface area contributed by atoms with E-state index in [1.165, 1.54) is 20.8 Å². The number of amidine groups is 1. The molecule has 0 aromatic carbocycles. The third-order valence-corrected chi connectivity index (χ3v) is 2.85. The summed E-state index contributed by atoms with van der Waals surface area (Å²) in [4.78, 5) is 10.9. The largest absolute Gasteiger partial charge is 0.449 e. The van der Waals surface area contributed by atoms with Crippen LogP contribution < -0.4 is 15.2 Å². The fourth-order valence-corrected chi connectivity index (χ4v) is 1.91. The summed E-state index contributed by atoms with van der Waals surface area (Å²) in [7, 11) is -4.16. The predicted octanol–water partition coefficient (Wildman–Crippen LogP) is -0.908. The lowest BCUT2D eigenvalue weighted by atomic mass is 10.1. The zero-order chi connectivity index (χ0) is 13.7. The number of amides is 1. The number of nitrogens with one attached hydrogen (secondary N) is 2. The summed E-state index contributed by atoms with van der Waals surface area (Å²) in [5, 5.41) is 11.1. The van der Waals surface area contributed by atoms with Gasteiger partial charge in [-0.3, -0.25) is 0 Å². The number of rotatable bonds is 5. The molecule has 0 heterocycles. The second-order valence-corrected chi connectivity index (χ2v) is 4.95. The molecule has 0 radical (unpaired) electrons. The van der Waals surface area contributed by atoms with E-state index in [2.05, 4.69) is 9.89 Å². The lowest BCUT2D eigenvalue weighted by molar-refractivity contribution is 0.158. The van der Waals surface area contributed by atoms with Crippen LogP contribution in [0.15, 0.2) is 5.16 Å². The Morgan fingerprint density at radius 2 is 2.06 bits per heavy atom. The van der Waals surface area contributed by atoms with Crippen molar-refractivity contribution < 1.29 is 23.2 Å². The molecule has 0 unspecified atom stereocenters. The molecule has 9 nitrogen and oxygen atoms in total. The van der Waals surface area contributed by atoms with Gasteiger partial charge in [-0.25, -0.2) is 9.52 Å². The molecule has 1 amide bonds. The molecule has 5 N–H and O–H groups in total. The van der Waals surface area contributed by atoms with E-state index in [1.807, 2.05) is 4.72 Å². The number of hydrogen-bond acceptors (Lipinski definition) is 6. The first-order valence-electron chi connectivity index (χ1n) is 4.61. The molecule has 100 valence electrons. The molecule has 0 fully saturated rings. The third-order valence-electron chi connectivity index (χ3n) is 1.63. The number of nitrogens with two attached hydrogens (primary N) is 1. The Morgan fingerprint density at radius 3 is 2.47 bits per heavy atom. The molecule has 17 heavy (non-hydrogen) atoms. The van der Waals surface area contributed by atoms with Crippen molar-refractivity contribution in [1.82, 2.24) is 9.44 Å². The maximum Gasteiger partial charge on any atom is 0.421 e. The fourth-order valence-electron chi connectivity index (χ4n) is 0.809. The molecular formula is C7H16N4O5S. The van der Waals surface area contributed by atoms with Gasteiger partial charge in [0.15, 0.2) is 5.84 Å². The van der Waals surface area contributed by atoms with E-state index in [0.29, 0.717) is 0 Å². The lowest BCUT2D eigenvalue weighted by Crippen LogP contribution is -2.56. The van der Waals surface area contributed by atoms with Crippen LogP contribution >= 0.6 is 0 Å². The van der Waals surface area contributed by atoms with Crippen LogP contribution in [0.4, 0.5) is 4.79 Å². The molecule has 0 aromatic rings. The van der Waals surface area contributed by atoms with Crippen LogP contribution in [0.2, 0.25) is 0 Å². The minimum absolute atomic E-state index is 0.0327.